The fourth-order valence-corrected chi connectivity index (χ4v) is 7.46. The summed E-state index contributed by atoms with van der Waals surface area (Å²) >= 11 is 0. The van der Waals surface area contributed by atoms with Crippen LogP contribution in [0.5, 0.6) is 5.75 Å². The van der Waals surface area contributed by atoms with Gasteiger partial charge in [-0.1, -0.05) is 54.6 Å². The molecule has 5 rings (SSSR count). The van der Waals surface area contributed by atoms with Crippen molar-refractivity contribution in [1.82, 2.24) is 4.72 Å². The lowest BCUT2D eigenvalue weighted by Crippen LogP contribution is -2.42. The molecule has 4 N–H and O–H groups in total. The van der Waals surface area contributed by atoms with Crippen molar-refractivity contribution in [2.45, 2.75) is 22.3 Å². The summed E-state index contributed by atoms with van der Waals surface area (Å²) in [5, 5.41) is 12.1. The van der Waals surface area contributed by atoms with E-state index in [2.05, 4.69) is 4.72 Å². The van der Waals surface area contributed by atoms with Crippen LogP contribution in [-0.2, 0) is 31.4 Å². The number of benzene rings is 5. The molecule has 1 atom stereocenters. The van der Waals surface area contributed by atoms with Gasteiger partial charge in [-0.2, -0.15) is 13.1 Å². The number of anilines is 2. The lowest BCUT2D eigenvalue weighted by molar-refractivity contribution is -0.138. The number of sulfonamides is 1. The van der Waals surface area contributed by atoms with E-state index in [1.54, 1.807) is 48.5 Å². The molecule has 0 spiro atoms. The van der Waals surface area contributed by atoms with Crippen LogP contribution in [0.3, 0.4) is 0 Å². The fraction of sp³-hybridized carbons (Fsp3) is 0.129. The van der Waals surface area contributed by atoms with Crippen LogP contribution < -0.4 is 19.5 Å². The molecule has 0 bridgehead atoms. The SMILES string of the molecule is CN(C)c1cccc2c(S(=O)(=O)Oc3ccc(C[C@H](NS(=O)(=O)c4cccc5cc(N)ccc45)C(=O)O)cc3)cccc12. The molecule has 0 radical (unpaired) electrons. The van der Waals surface area contributed by atoms with Gasteiger partial charge in [-0.25, -0.2) is 8.42 Å². The molecule has 5 aromatic carbocycles. The van der Waals surface area contributed by atoms with Crippen LogP contribution in [0.25, 0.3) is 21.5 Å². The number of aliphatic carboxylic acids is 1. The molecule has 0 aliphatic heterocycles. The molecule has 12 heteroatoms. The fourth-order valence-electron chi connectivity index (χ4n) is 4.90. The Morgan fingerprint density at radius 2 is 1.49 bits per heavy atom. The van der Waals surface area contributed by atoms with E-state index < -0.39 is 32.2 Å². The first-order chi connectivity index (χ1) is 20.4. The van der Waals surface area contributed by atoms with Crippen LogP contribution in [-0.4, -0.2) is 48.0 Å². The molecule has 0 heterocycles. The lowest BCUT2D eigenvalue weighted by atomic mass is 10.1. The van der Waals surface area contributed by atoms with Crippen LogP contribution in [0.2, 0.25) is 0 Å². The first kappa shape index (κ1) is 29.8. The third kappa shape index (κ3) is 6.26. The van der Waals surface area contributed by atoms with Gasteiger partial charge in [-0.05, 0) is 59.8 Å². The van der Waals surface area contributed by atoms with E-state index in [-0.39, 0.29) is 22.0 Å². The number of nitrogens with zero attached hydrogens (tertiary/aromatic N) is 1. The number of carboxylic acid groups (broad SMARTS) is 1. The summed E-state index contributed by atoms with van der Waals surface area (Å²) in [6, 6.07) is 24.0. The van der Waals surface area contributed by atoms with Crippen molar-refractivity contribution in [3.8, 4) is 5.75 Å². The van der Waals surface area contributed by atoms with Gasteiger partial charge in [0.15, 0.2) is 0 Å². The molecule has 0 fully saturated rings. The highest BCUT2D eigenvalue weighted by Crippen LogP contribution is 2.32. The molecule has 0 unspecified atom stereocenters. The van der Waals surface area contributed by atoms with Crippen LogP contribution in [0, 0.1) is 0 Å². The van der Waals surface area contributed by atoms with Crippen LogP contribution in [0.15, 0.2) is 107 Å². The van der Waals surface area contributed by atoms with E-state index in [1.807, 2.05) is 31.1 Å². The zero-order valence-electron chi connectivity index (χ0n) is 23.3. The van der Waals surface area contributed by atoms with Gasteiger partial charge in [0.2, 0.25) is 10.0 Å². The molecule has 0 amide bonds. The highest BCUT2D eigenvalue weighted by molar-refractivity contribution is 7.89. The van der Waals surface area contributed by atoms with Crippen molar-refractivity contribution < 1.29 is 30.9 Å². The Morgan fingerprint density at radius 3 is 2.19 bits per heavy atom. The largest absolute Gasteiger partial charge is 0.480 e. The third-order valence-electron chi connectivity index (χ3n) is 6.93. The minimum Gasteiger partial charge on any atom is -0.480 e. The number of hydrogen-bond donors (Lipinski definition) is 3. The van der Waals surface area contributed by atoms with Crippen molar-refractivity contribution in [3.05, 3.63) is 103 Å². The molecule has 0 aliphatic carbocycles. The number of carboxylic acids is 1. The summed E-state index contributed by atoms with van der Waals surface area (Å²) in [5.41, 5.74) is 7.59. The van der Waals surface area contributed by atoms with Gasteiger partial charge < -0.3 is 19.9 Å². The first-order valence-electron chi connectivity index (χ1n) is 13.1. The third-order valence-corrected chi connectivity index (χ3v) is 9.77. The van der Waals surface area contributed by atoms with E-state index in [0.717, 1.165) is 11.1 Å². The molecule has 0 aliphatic rings. The minimum absolute atomic E-state index is 0.00856. The second-order valence-electron chi connectivity index (χ2n) is 10.2. The topological polar surface area (TPSA) is 156 Å². The van der Waals surface area contributed by atoms with E-state index in [1.165, 1.54) is 36.4 Å². The average Bonchev–Trinajstić information content (AvgIpc) is 2.96. The van der Waals surface area contributed by atoms with E-state index >= 15 is 0 Å². The Morgan fingerprint density at radius 1 is 0.837 bits per heavy atom. The van der Waals surface area contributed by atoms with Crippen LogP contribution in [0.4, 0.5) is 11.4 Å². The molecule has 0 saturated carbocycles. The van der Waals surface area contributed by atoms with E-state index in [9.17, 15) is 26.7 Å². The van der Waals surface area contributed by atoms with Gasteiger partial charge in [0.05, 0.1) is 4.90 Å². The summed E-state index contributed by atoms with van der Waals surface area (Å²) in [5.74, 6) is -1.35. The number of fused-ring (bicyclic) bond motifs is 2. The predicted molar refractivity (Wildman–Crippen MR) is 166 cm³/mol. The van der Waals surface area contributed by atoms with Crippen LogP contribution in [0.1, 0.15) is 5.56 Å². The van der Waals surface area contributed by atoms with Crippen molar-refractivity contribution in [3.63, 3.8) is 0 Å². The number of hydrogen-bond acceptors (Lipinski definition) is 8. The minimum atomic E-state index is -4.23. The van der Waals surface area contributed by atoms with Gasteiger partial charge in [0, 0.05) is 41.6 Å². The monoisotopic (exact) mass is 619 g/mol. The van der Waals surface area contributed by atoms with E-state index in [0.29, 0.717) is 27.4 Å². The molecule has 5 aromatic rings. The summed E-state index contributed by atoms with van der Waals surface area (Å²) in [4.78, 5) is 13.9. The summed E-state index contributed by atoms with van der Waals surface area (Å²) in [6.45, 7) is 0. The van der Waals surface area contributed by atoms with Crippen molar-refractivity contribution in [1.29, 1.82) is 0 Å². The van der Waals surface area contributed by atoms with Crippen molar-refractivity contribution >= 4 is 59.0 Å². The van der Waals surface area contributed by atoms with E-state index in [4.69, 9.17) is 9.92 Å². The molecule has 222 valence electrons. The standard InChI is InChI=1S/C31H29N3O7S2/c1-34(2)28-9-4-8-26-25(28)7-5-11-30(26)43(39,40)41-23-15-12-20(13-16-23)18-27(31(35)36)33-42(37,38)29-10-3-6-21-19-22(32)14-17-24(21)29/h3-17,19,27,33H,18,32H2,1-2H3,(H,35,36)/t27-/m0/s1. The molecule has 43 heavy (non-hydrogen) atoms. The number of nitrogens with one attached hydrogen (secondary N) is 1. The van der Waals surface area contributed by atoms with Crippen LogP contribution >= 0.6 is 0 Å². The van der Waals surface area contributed by atoms with Crippen molar-refractivity contribution in [2.24, 2.45) is 0 Å². The zero-order chi connectivity index (χ0) is 30.9. The number of carbonyl (C=O) groups is 1. The Balaban J connectivity index is 1.35. The first-order valence-corrected chi connectivity index (χ1v) is 16.0. The number of nitrogen functional groups attached to an aromatic ring is 1. The Hall–Kier alpha value is -4.65. The summed E-state index contributed by atoms with van der Waals surface area (Å²) in [7, 11) is -4.71. The highest BCUT2D eigenvalue weighted by Gasteiger charge is 2.27. The molecule has 0 aromatic heterocycles. The molecule has 10 nitrogen and oxygen atoms in total. The van der Waals surface area contributed by atoms with Gasteiger partial charge in [-0.15, -0.1) is 0 Å². The van der Waals surface area contributed by atoms with Gasteiger partial charge >= 0.3 is 16.1 Å². The maximum atomic E-state index is 13.3. The maximum absolute atomic E-state index is 13.3. The predicted octanol–water partition coefficient (Wildman–Crippen LogP) is 4.38. The average molecular weight is 620 g/mol. The Kier molecular flexibility index (Phi) is 8.02. The maximum Gasteiger partial charge on any atom is 0.339 e. The van der Waals surface area contributed by atoms with Gasteiger partial charge in [0.1, 0.15) is 16.7 Å². The summed E-state index contributed by atoms with van der Waals surface area (Å²) < 4.78 is 60.7. The molecule has 0 saturated heterocycles. The number of nitrogens with two attached hydrogens (primary N) is 1. The smallest absolute Gasteiger partial charge is 0.339 e. The number of rotatable bonds is 10. The van der Waals surface area contributed by atoms with Crippen molar-refractivity contribution in [2.75, 3.05) is 24.7 Å². The Bertz CT molecular complexity index is 2060. The molecular formula is C31H29N3O7S2. The molecular weight excluding hydrogens is 590 g/mol. The second-order valence-corrected chi connectivity index (χ2v) is 13.4. The Labute approximate surface area is 249 Å². The highest BCUT2D eigenvalue weighted by atomic mass is 32.2. The van der Waals surface area contributed by atoms with Gasteiger partial charge in [-0.3, -0.25) is 4.79 Å². The second kappa shape index (κ2) is 11.6. The van der Waals surface area contributed by atoms with Gasteiger partial charge in [0.25, 0.3) is 0 Å². The zero-order valence-corrected chi connectivity index (χ0v) is 24.9. The lowest BCUT2D eigenvalue weighted by Gasteiger charge is -2.17. The quantitative estimate of drug-likeness (QED) is 0.152. The summed E-state index contributed by atoms with van der Waals surface area (Å²) in [6.07, 6.45) is -0.198. The normalized spacial score (nSPS) is 12.7.